The molecule has 0 saturated heterocycles. The molecule has 0 radical (unpaired) electrons. The number of nitrogens with two attached hydrogens (primary N) is 1. The Morgan fingerprint density at radius 3 is 2.92 bits per heavy atom. The molecule has 4 rings (SSSR count). The first kappa shape index (κ1) is 17.1. The molecule has 1 aliphatic rings. The first-order chi connectivity index (χ1) is 12.4. The molecule has 0 aliphatic carbocycles. The van der Waals surface area contributed by atoms with Gasteiger partial charge in [0.1, 0.15) is 5.58 Å². The lowest BCUT2D eigenvalue weighted by Gasteiger charge is -2.27. The van der Waals surface area contributed by atoms with E-state index in [1.54, 1.807) is 18.2 Å². The van der Waals surface area contributed by atoms with Crippen molar-refractivity contribution in [3.63, 3.8) is 0 Å². The minimum atomic E-state index is -0.500. The Morgan fingerprint density at radius 1 is 1.31 bits per heavy atom. The monoisotopic (exact) mass is 392 g/mol. The fourth-order valence-corrected chi connectivity index (χ4v) is 3.63. The molecule has 0 bridgehead atoms. The van der Waals surface area contributed by atoms with Gasteiger partial charge in [-0.1, -0.05) is 23.2 Å². The van der Waals surface area contributed by atoms with E-state index in [1.165, 1.54) is 0 Å². The molecule has 0 spiro atoms. The van der Waals surface area contributed by atoms with Gasteiger partial charge in [0.2, 0.25) is 5.95 Å². The van der Waals surface area contributed by atoms with Crippen molar-refractivity contribution in [2.75, 3.05) is 12.3 Å². The zero-order valence-corrected chi connectivity index (χ0v) is 15.0. The molecule has 7 nitrogen and oxygen atoms in total. The number of anilines is 1. The standard InChI is InChI=1S/C17H14Cl2N4O3/c18-8-1-2-13-9(5-8)14(19)11(16(25)26-13)7-23-4-3-12-10(6-23)15(24)22-17(20)21-12/h1-2,5H,3-4,6-7H2,(H3,20,21,22,24). The van der Waals surface area contributed by atoms with Crippen molar-refractivity contribution >= 4 is 40.1 Å². The fourth-order valence-electron chi connectivity index (χ4n) is 3.17. The second kappa shape index (κ2) is 6.42. The summed E-state index contributed by atoms with van der Waals surface area (Å²) < 4.78 is 5.36. The SMILES string of the molecule is Nc1nc2c(c(=O)[nH]1)CN(Cc1c(Cl)c3cc(Cl)ccc3oc1=O)CC2. The molecule has 26 heavy (non-hydrogen) atoms. The van der Waals surface area contributed by atoms with Gasteiger partial charge in [0.15, 0.2) is 0 Å². The van der Waals surface area contributed by atoms with Gasteiger partial charge in [0.05, 0.1) is 21.8 Å². The lowest BCUT2D eigenvalue weighted by molar-refractivity contribution is 0.239. The highest BCUT2D eigenvalue weighted by molar-refractivity contribution is 6.37. The predicted molar refractivity (Wildman–Crippen MR) is 99.6 cm³/mol. The highest BCUT2D eigenvalue weighted by atomic mass is 35.5. The topological polar surface area (TPSA) is 105 Å². The van der Waals surface area contributed by atoms with Crippen LogP contribution in [0.15, 0.2) is 32.2 Å². The molecular formula is C17H14Cl2N4O3. The summed E-state index contributed by atoms with van der Waals surface area (Å²) in [6.45, 7) is 1.22. The number of hydrogen-bond donors (Lipinski definition) is 2. The highest BCUT2D eigenvalue weighted by Gasteiger charge is 2.23. The zero-order valence-electron chi connectivity index (χ0n) is 13.5. The Balaban J connectivity index is 1.70. The van der Waals surface area contributed by atoms with E-state index in [0.29, 0.717) is 57.3 Å². The molecule has 3 aromatic rings. The summed E-state index contributed by atoms with van der Waals surface area (Å²) in [5, 5.41) is 1.40. The van der Waals surface area contributed by atoms with Gasteiger partial charge < -0.3 is 10.2 Å². The number of hydrogen-bond acceptors (Lipinski definition) is 6. The Hall–Kier alpha value is -2.35. The van der Waals surface area contributed by atoms with E-state index < -0.39 is 5.63 Å². The molecule has 0 fully saturated rings. The van der Waals surface area contributed by atoms with Crippen LogP contribution in [0.1, 0.15) is 16.8 Å². The third-order valence-electron chi connectivity index (χ3n) is 4.44. The molecule has 0 unspecified atom stereocenters. The maximum absolute atomic E-state index is 12.4. The zero-order chi connectivity index (χ0) is 18.4. The molecule has 2 aromatic heterocycles. The van der Waals surface area contributed by atoms with Crippen LogP contribution in [0, 0.1) is 0 Å². The molecule has 1 aliphatic heterocycles. The maximum Gasteiger partial charge on any atom is 0.342 e. The van der Waals surface area contributed by atoms with Crippen molar-refractivity contribution in [3.05, 3.63) is 65.8 Å². The van der Waals surface area contributed by atoms with E-state index in [2.05, 4.69) is 9.97 Å². The second-order valence-electron chi connectivity index (χ2n) is 6.16. The average molecular weight is 393 g/mol. The Kier molecular flexibility index (Phi) is 4.22. The van der Waals surface area contributed by atoms with Gasteiger partial charge in [-0.3, -0.25) is 14.7 Å². The summed E-state index contributed by atoms with van der Waals surface area (Å²) in [6, 6.07) is 4.91. The van der Waals surface area contributed by atoms with Crippen molar-refractivity contribution in [2.24, 2.45) is 0 Å². The number of benzene rings is 1. The number of H-pyrrole nitrogens is 1. The van der Waals surface area contributed by atoms with Crippen molar-refractivity contribution in [1.29, 1.82) is 0 Å². The molecule has 3 N–H and O–H groups in total. The summed E-state index contributed by atoms with van der Waals surface area (Å²) in [7, 11) is 0. The minimum absolute atomic E-state index is 0.109. The van der Waals surface area contributed by atoms with Crippen molar-refractivity contribution in [1.82, 2.24) is 14.9 Å². The highest BCUT2D eigenvalue weighted by Crippen LogP contribution is 2.29. The Morgan fingerprint density at radius 2 is 2.12 bits per heavy atom. The number of fused-ring (bicyclic) bond motifs is 2. The van der Waals surface area contributed by atoms with Gasteiger partial charge in [0.25, 0.3) is 5.56 Å². The van der Waals surface area contributed by atoms with Crippen LogP contribution in [-0.4, -0.2) is 21.4 Å². The smallest absolute Gasteiger partial charge is 0.342 e. The van der Waals surface area contributed by atoms with Crippen molar-refractivity contribution in [2.45, 2.75) is 19.5 Å². The number of aromatic amines is 1. The lowest BCUT2D eigenvalue weighted by atomic mass is 10.1. The van der Waals surface area contributed by atoms with Gasteiger partial charge in [0, 0.05) is 36.5 Å². The van der Waals surface area contributed by atoms with E-state index in [-0.39, 0.29) is 18.1 Å². The quantitative estimate of drug-likeness (QED) is 0.648. The van der Waals surface area contributed by atoms with Crippen molar-refractivity contribution in [3.8, 4) is 0 Å². The summed E-state index contributed by atoms with van der Waals surface area (Å²) in [6.07, 6.45) is 0.561. The van der Waals surface area contributed by atoms with Crippen LogP contribution in [0.2, 0.25) is 10.0 Å². The van der Waals surface area contributed by atoms with Gasteiger partial charge in [-0.25, -0.2) is 9.78 Å². The van der Waals surface area contributed by atoms with Crippen LogP contribution in [-0.2, 0) is 19.5 Å². The van der Waals surface area contributed by atoms with E-state index in [9.17, 15) is 9.59 Å². The summed E-state index contributed by atoms with van der Waals surface area (Å²) in [5.74, 6) is 0.109. The van der Waals surface area contributed by atoms with Crippen molar-refractivity contribution < 1.29 is 4.42 Å². The molecule has 0 amide bonds. The number of nitrogens with zero attached hydrogens (tertiary/aromatic N) is 2. The molecule has 1 aromatic carbocycles. The number of halogens is 2. The van der Waals surface area contributed by atoms with Crippen LogP contribution in [0.25, 0.3) is 11.0 Å². The van der Waals surface area contributed by atoms with Gasteiger partial charge in [-0.2, -0.15) is 0 Å². The normalized spacial score (nSPS) is 14.5. The molecule has 134 valence electrons. The number of rotatable bonds is 2. The average Bonchev–Trinajstić information content (AvgIpc) is 2.60. The minimum Gasteiger partial charge on any atom is -0.422 e. The predicted octanol–water partition coefficient (Wildman–Crippen LogP) is 2.32. The molecular weight excluding hydrogens is 379 g/mol. The fraction of sp³-hybridized carbons (Fsp3) is 0.235. The Labute approximate surface area is 157 Å². The first-order valence-electron chi connectivity index (χ1n) is 7.93. The maximum atomic E-state index is 12.4. The first-order valence-corrected chi connectivity index (χ1v) is 8.68. The molecule has 0 atom stereocenters. The van der Waals surface area contributed by atoms with E-state index >= 15 is 0 Å². The molecule has 0 saturated carbocycles. The molecule has 3 heterocycles. The summed E-state index contributed by atoms with van der Waals surface area (Å²) in [4.78, 5) is 33.1. The second-order valence-corrected chi connectivity index (χ2v) is 6.97. The van der Waals surface area contributed by atoms with E-state index in [1.807, 2.05) is 4.90 Å². The van der Waals surface area contributed by atoms with Crippen LogP contribution >= 0.6 is 23.2 Å². The molecule has 9 heteroatoms. The largest absolute Gasteiger partial charge is 0.422 e. The number of nitrogen functional groups attached to an aromatic ring is 1. The number of aromatic nitrogens is 2. The number of nitrogens with one attached hydrogen (secondary N) is 1. The van der Waals surface area contributed by atoms with E-state index in [4.69, 9.17) is 33.4 Å². The van der Waals surface area contributed by atoms with Crippen LogP contribution < -0.4 is 16.9 Å². The van der Waals surface area contributed by atoms with Gasteiger partial charge in [-0.05, 0) is 18.2 Å². The van der Waals surface area contributed by atoms with Gasteiger partial charge >= 0.3 is 5.63 Å². The lowest BCUT2D eigenvalue weighted by Crippen LogP contribution is -2.36. The van der Waals surface area contributed by atoms with Crippen LogP contribution in [0.3, 0.4) is 0 Å². The van der Waals surface area contributed by atoms with Crippen LogP contribution in [0.4, 0.5) is 5.95 Å². The summed E-state index contributed by atoms with van der Waals surface area (Å²) >= 11 is 12.5. The third kappa shape index (κ3) is 2.98. The van der Waals surface area contributed by atoms with Gasteiger partial charge in [-0.15, -0.1) is 0 Å². The third-order valence-corrected chi connectivity index (χ3v) is 5.11. The van der Waals surface area contributed by atoms with Crippen LogP contribution in [0.5, 0.6) is 0 Å². The Bertz CT molecular complexity index is 1140. The van der Waals surface area contributed by atoms with E-state index in [0.717, 1.165) is 0 Å². The summed E-state index contributed by atoms with van der Waals surface area (Å²) in [5.41, 5.74) is 6.78.